The van der Waals surface area contributed by atoms with E-state index in [1.807, 2.05) is 12.3 Å². The molecule has 0 saturated heterocycles. The van der Waals surface area contributed by atoms with Crippen molar-refractivity contribution in [1.82, 2.24) is 14.9 Å². The van der Waals surface area contributed by atoms with Gasteiger partial charge in [0, 0.05) is 24.5 Å². The Morgan fingerprint density at radius 1 is 1.55 bits per heavy atom. The molecule has 0 aliphatic carbocycles. The molecule has 106 valence electrons. The van der Waals surface area contributed by atoms with Crippen molar-refractivity contribution in [1.29, 1.82) is 0 Å². The minimum atomic E-state index is -0.564. The first-order chi connectivity index (χ1) is 9.58. The molecule has 0 saturated carbocycles. The van der Waals surface area contributed by atoms with Crippen molar-refractivity contribution in [2.24, 2.45) is 0 Å². The highest BCUT2D eigenvalue weighted by atomic mass is 32.1. The van der Waals surface area contributed by atoms with Crippen molar-refractivity contribution < 1.29 is 4.92 Å². The van der Waals surface area contributed by atoms with Crippen LogP contribution in [0.4, 0.5) is 5.69 Å². The van der Waals surface area contributed by atoms with E-state index in [2.05, 4.69) is 16.4 Å². The van der Waals surface area contributed by atoms with Gasteiger partial charge >= 0.3 is 11.4 Å². The third-order valence-corrected chi connectivity index (χ3v) is 3.86. The number of thiophene rings is 1. The molecule has 8 heteroatoms. The predicted octanol–water partition coefficient (Wildman–Crippen LogP) is 1.31. The van der Waals surface area contributed by atoms with E-state index in [1.165, 1.54) is 21.2 Å². The summed E-state index contributed by atoms with van der Waals surface area (Å²) in [6.07, 6.45) is 2.19. The molecule has 0 aromatic carbocycles. The van der Waals surface area contributed by atoms with Gasteiger partial charge in [-0.15, -0.1) is 11.3 Å². The third kappa shape index (κ3) is 3.49. The molecule has 0 spiro atoms. The SMILES string of the molecule is Cc1ccsc1CNCCn1cc([N+](=O)[O-])cnc1=O. The molecular weight excluding hydrogens is 280 g/mol. The van der Waals surface area contributed by atoms with Crippen LogP contribution in [0.3, 0.4) is 0 Å². The van der Waals surface area contributed by atoms with Crippen LogP contribution in [-0.2, 0) is 13.1 Å². The normalized spacial score (nSPS) is 10.7. The van der Waals surface area contributed by atoms with Gasteiger partial charge in [-0.2, -0.15) is 4.98 Å². The molecule has 7 nitrogen and oxygen atoms in total. The number of rotatable bonds is 6. The minimum absolute atomic E-state index is 0.182. The zero-order valence-corrected chi connectivity index (χ0v) is 11.7. The average molecular weight is 294 g/mol. The predicted molar refractivity (Wildman–Crippen MR) is 75.9 cm³/mol. The number of aryl methyl sites for hydroxylation is 1. The van der Waals surface area contributed by atoms with Gasteiger partial charge in [0.1, 0.15) is 6.20 Å². The summed E-state index contributed by atoms with van der Waals surface area (Å²) >= 11 is 1.67. The zero-order chi connectivity index (χ0) is 14.5. The first-order valence-corrected chi connectivity index (χ1v) is 6.90. The van der Waals surface area contributed by atoms with Crippen molar-refractivity contribution in [3.05, 3.63) is 54.9 Å². The van der Waals surface area contributed by atoms with E-state index >= 15 is 0 Å². The van der Waals surface area contributed by atoms with Gasteiger partial charge in [0.05, 0.1) is 11.1 Å². The van der Waals surface area contributed by atoms with E-state index in [4.69, 9.17) is 0 Å². The quantitative estimate of drug-likeness (QED) is 0.493. The molecule has 20 heavy (non-hydrogen) atoms. The Labute approximate surface area is 119 Å². The fourth-order valence-electron chi connectivity index (χ4n) is 1.68. The Kier molecular flexibility index (Phi) is 4.59. The Bertz CT molecular complexity index is 665. The summed E-state index contributed by atoms with van der Waals surface area (Å²) in [4.78, 5) is 26.3. The zero-order valence-electron chi connectivity index (χ0n) is 10.9. The summed E-state index contributed by atoms with van der Waals surface area (Å²) in [6, 6.07) is 2.05. The number of nitrogens with one attached hydrogen (secondary N) is 1. The topological polar surface area (TPSA) is 90.1 Å². The van der Waals surface area contributed by atoms with Crippen LogP contribution in [0, 0.1) is 17.0 Å². The summed E-state index contributed by atoms with van der Waals surface area (Å²) in [7, 11) is 0. The lowest BCUT2D eigenvalue weighted by Crippen LogP contribution is -2.28. The highest BCUT2D eigenvalue weighted by molar-refractivity contribution is 7.10. The van der Waals surface area contributed by atoms with E-state index in [0.29, 0.717) is 13.1 Å². The molecule has 2 heterocycles. The third-order valence-electron chi connectivity index (χ3n) is 2.84. The first-order valence-electron chi connectivity index (χ1n) is 6.02. The minimum Gasteiger partial charge on any atom is -0.310 e. The van der Waals surface area contributed by atoms with Crippen LogP contribution in [0.2, 0.25) is 0 Å². The van der Waals surface area contributed by atoms with Crippen LogP contribution >= 0.6 is 11.3 Å². The van der Waals surface area contributed by atoms with E-state index in [1.54, 1.807) is 11.3 Å². The highest BCUT2D eigenvalue weighted by Gasteiger charge is 2.08. The second-order valence-electron chi connectivity index (χ2n) is 4.25. The molecule has 0 atom stereocenters. The molecular formula is C12H14N4O3S. The summed E-state index contributed by atoms with van der Waals surface area (Å²) in [5.41, 5.74) is 0.570. The first kappa shape index (κ1) is 14.4. The van der Waals surface area contributed by atoms with Gasteiger partial charge in [0.25, 0.3) is 0 Å². The lowest BCUT2D eigenvalue weighted by atomic mass is 10.3. The largest absolute Gasteiger partial charge is 0.348 e. The molecule has 0 aliphatic rings. The standard InChI is InChI=1S/C12H14N4O3S/c1-9-2-5-20-11(9)7-13-3-4-15-8-10(16(18)19)6-14-12(15)17/h2,5-6,8,13H,3-4,7H2,1H3. The van der Waals surface area contributed by atoms with E-state index in [0.717, 1.165) is 12.7 Å². The fraction of sp³-hybridized carbons (Fsp3) is 0.333. The number of nitro groups is 1. The van der Waals surface area contributed by atoms with Gasteiger partial charge in [-0.3, -0.25) is 14.7 Å². The molecule has 1 N–H and O–H groups in total. The Morgan fingerprint density at radius 3 is 3.00 bits per heavy atom. The number of hydrogen-bond acceptors (Lipinski definition) is 6. The van der Waals surface area contributed by atoms with Gasteiger partial charge in [-0.05, 0) is 23.9 Å². The summed E-state index contributed by atoms with van der Waals surface area (Å²) in [5.74, 6) is 0. The fourth-order valence-corrected chi connectivity index (χ4v) is 2.56. The maximum atomic E-state index is 11.5. The maximum Gasteiger partial charge on any atom is 0.348 e. The van der Waals surface area contributed by atoms with Crippen LogP contribution in [0.5, 0.6) is 0 Å². The molecule has 0 radical (unpaired) electrons. The molecule has 2 aromatic heterocycles. The molecule has 2 aromatic rings. The van der Waals surface area contributed by atoms with E-state index < -0.39 is 10.6 Å². The summed E-state index contributed by atoms with van der Waals surface area (Å²) in [5, 5.41) is 15.9. The molecule has 0 aliphatic heterocycles. The molecule has 0 bridgehead atoms. The van der Waals surface area contributed by atoms with Crippen LogP contribution in [0.1, 0.15) is 10.4 Å². The van der Waals surface area contributed by atoms with Crippen molar-refractivity contribution in [2.75, 3.05) is 6.54 Å². The molecule has 0 unspecified atom stereocenters. The monoisotopic (exact) mass is 294 g/mol. The van der Waals surface area contributed by atoms with E-state index in [9.17, 15) is 14.9 Å². The lowest BCUT2D eigenvalue weighted by molar-refractivity contribution is -0.385. The number of hydrogen-bond donors (Lipinski definition) is 1. The Balaban J connectivity index is 1.91. The van der Waals surface area contributed by atoms with Crippen molar-refractivity contribution in [2.45, 2.75) is 20.0 Å². The molecule has 0 fully saturated rings. The van der Waals surface area contributed by atoms with Crippen LogP contribution in [0.15, 0.2) is 28.6 Å². The number of nitrogens with zero attached hydrogens (tertiary/aromatic N) is 3. The molecule has 2 rings (SSSR count). The highest BCUT2D eigenvalue weighted by Crippen LogP contribution is 2.14. The van der Waals surface area contributed by atoms with Gasteiger partial charge < -0.3 is 5.32 Å². The maximum absolute atomic E-state index is 11.5. The van der Waals surface area contributed by atoms with E-state index in [-0.39, 0.29) is 5.69 Å². The number of aromatic nitrogens is 2. The smallest absolute Gasteiger partial charge is 0.310 e. The van der Waals surface area contributed by atoms with Crippen LogP contribution < -0.4 is 11.0 Å². The van der Waals surface area contributed by atoms with Crippen LogP contribution in [0.25, 0.3) is 0 Å². The second kappa shape index (κ2) is 6.40. The second-order valence-corrected chi connectivity index (χ2v) is 5.25. The Hall–Kier alpha value is -2.06. The van der Waals surface area contributed by atoms with Gasteiger partial charge in [0.2, 0.25) is 0 Å². The van der Waals surface area contributed by atoms with Gasteiger partial charge in [0.15, 0.2) is 0 Å². The van der Waals surface area contributed by atoms with Crippen molar-refractivity contribution >= 4 is 17.0 Å². The van der Waals surface area contributed by atoms with Gasteiger partial charge in [-0.25, -0.2) is 4.79 Å². The Morgan fingerprint density at radius 2 is 2.35 bits per heavy atom. The average Bonchev–Trinajstić information content (AvgIpc) is 2.82. The van der Waals surface area contributed by atoms with Crippen LogP contribution in [-0.4, -0.2) is 21.0 Å². The van der Waals surface area contributed by atoms with Gasteiger partial charge in [-0.1, -0.05) is 0 Å². The lowest BCUT2D eigenvalue weighted by Gasteiger charge is -2.06. The van der Waals surface area contributed by atoms with Crippen molar-refractivity contribution in [3.8, 4) is 0 Å². The summed E-state index contributed by atoms with van der Waals surface area (Å²) in [6.45, 7) is 3.65. The molecule has 0 amide bonds. The summed E-state index contributed by atoms with van der Waals surface area (Å²) < 4.78 is 1.24. The van der Waals surface area contributed by atoms with Crippen molar-refractivity contribution in [3.63, 3.8) is 0 Å².